The van der Waals surface area contributed by atoms with Crippen LogP contribution in [0.5, 0.6) is 0 Å². The zero-order valence-electron chi connectivity index (χ0n) is 17.2. The number of hydrogen-bond donors (Lipinski definition) is 1. The van der Waals surface area contributed by atoms with Gasteiger partial charge in [-0.15, -0.1) is 11.8 Å². The number of sulfonamides is 1. The first-order chi connectivity index (χ1) is 15.1. The van der Waals surface area contributed by atoms with Crippen molar-refractivity contribution in [1.82, 2.24) is 4.31 Å². The van der Waals surface area contributed by atoms with Crippen LogP contribution in [0.3, 0.4) is 0 Å². The van der Waals surface area contributed by atoms with Gasteiger partial charge in [-0.2, -0.15) is 4.31 Å². The lowest BCUT2D eigenvalue weighted by Gasteiger charge is -2.21. The molecule has 2 aromatic carbocycles. The molecule has 1 amide bonds. The van der Waals surface area contributed by atoms with Gasteiger partial charge in [0.1, 0.15) is 0 Å². The number of amides is 1. The Hall–Kier alpha value is -2.29. The average Bonchev–Trinajstić information content (AvgIpc) is 3.10. The number of nitrogens with one attached hydrogen (secondary N) is 1. The highest BCUT2D eigenvalue weighted by Gasteiger charge is 2.26. The van der Waals surface area contributed by atoms with Gasteiger partial charge in [0.15, 0.2) is 5.76 Å². The number of rotatable bonds is 5. The second-order valence-corrected chi connectivity index (χ2v) is 10.6. The lowest BCUT2D eigenvalue weighted by atomic mass is 10.2. The number of hydrogen-bond acceptors (Lipinski definition) is 5. The van der Waals surface area contributed by atoms with Crippen LogP contribution in [0.4, 0.5) is 5.69 Å². The number of anilines is 1. The van der Waals surface area contributed by atoms with Crippen molar-refractivity contribution in [2.45, 2.75) is 30.6 Å². The van der Waals surface area contributed by atoms with E-state index in [0.29, 0.717) is 31.1 Å². The van der Waals surface area contributed by atoms with Gasteiger partial charge in [0.05, 0.1) is 16.4 Å². The Balaban J connectivity index is 1.51. The van der Waals surface area contributed by atoms with Crippen LogP contribution in [-0.4, -0.2) is 44.1 Å². The van der Waals surface area contributed by atoms with Crippen molar-refractivity contribution in [1.29, 1.82) is 0 Å². The fourth-order valence-electron chi connectivity index (χ4n) is 3.72. The maximum absolute atomic E-state index is 12.9. The molecule has 0 atom stereocenters. The van der Waals surface area contributed by atoms with Crippen molar-refractivity contribution in [2.75, 3.05) is 30.8 Å². The van der Waals surface area contributed by atoms with Gasteiger partial charge in [-0.3, -0.25) is 4.79 Å². The molecule has 0 radical (unpaired) electrons. The standard InChI is InChI=1S/C23H26N2O4S2/c26-23(21-22(30-17-16-29-21)18-8-4-3-5-9-18)24-19-10-12-20(13-11-19)31(27,28)25-14-6-1-2-7-15-25/h3-5,8-13H,1-2,6-7,14-17H2,(H,24,26). The lowest BCUT2D eigenvalue weighted by molar-refractivity contribution is -0.115. The Bertz CT molecular complexity index is 1040. The summed E-state index contributed by atoms with van der Waals surface area (Å²) in [6, 6.07) is 16.0. The van der Waals surface area contributed by atoms with Gasteiger partial charge in [0, 0.05) is 24.5 Å². The monoisotopic (exact) mass is 458 g/mol. The van der Waals surface area contributed by atoms with Crippen molar-refractivity contribution in [3.8, 4) is 0 Å². The Labute approximate surface area is 187 Å². The van der Waals surface area contributed by atoms with E-state index in [1.807, 2.05) is 30.3 Å². The number of nitrogens with zero attached hydrogens (tertiary/aromatic N) is 1. The van der Waals surface area contributed by atoms with Crippen molar-refractivity contribution >= 4 is 38.3 Å². The molecule has 2 heterocycles. The van der Waals surface area contributed by atoms with Crippen LogP contribution in [0.15, 0.2) is 65.3 Å². The number of ether oxygens (including phenoxy) is 1. The van der Waals surface area contributed by atoms with E-state index in [-0.39, 0.29) is 10.8 Å². The van der Waals surface area contributed by atoms with Gasteiger partial charge in [0.25, 0.3) is 5.91 Å². The molecular formula is C23H26N2O4S2. The second-order valence-electron chi connectivity index (χ2n) is 7.52. The summed E-state index contributed by atoms with van der Waals surface area (Å²) in [5.41, 5.74) is 1.47. The molecule has 164 valence electrons. The van der Waals surface area contributed by atoms with Gasteiger partial charge in [0.2, 0.25) is 10.0 Å². The highest BCUT2D eigenvalue weighted by Crippen LogP contribution is 2.35. The summed E-state index contributed by atoms with van der Waals surface area (Å²) in [5.74, 6) is 0.738. The molecule has 6 nitrogen and oxygen atoms in total. The number of carbonyl (C=O) groups is 1. The zero-order chi connectivity index (χ0) is 21.7. The molecule has 1 fully saturated rings. The fourth-order valence-corrected chi connectivity index (χ4v) is 6.19. The molecule has 2 aliphatic rings. The van der Waals surface area contributed by atoms with Gasteiger partial charge in [-0.1, -0.05) is 43.2 Å². The minimum atomic E-state index is -3.51. The highest BCUT2D eigenvalue weighted by atomic mass is 32.2. The molecule has 0 aliphatic carbocycles. The third-order valence-electron chi connectivity index (χ3n) is 5.34. The quantitative estimate of drug-likeness (QED) is 0.722. The summed E-state index contributed by atoms with van der Waals surface area (Å²) in [7, 11) is -3.51. The number of benzene rings is 2. The molecule has 4 rings (SSSR count). The minimum Gasteiger partial charge on any atom is -0.486 e. The number of carbonyl (C=O) groups excluding carboxylic acids is 1. The minimum absolute atomic E-state index is 0.251. The molecule has 2 aliphatic heterocycles. The first kappa shape index (κ1) is 21.9. The van der Waals surface area contributed by atoms with Gasteiger partial charge >= 0.3 is 0 Å². The largest absolute Gasteiger partial charge is 0.486 e. The molecule has 0 saturated carbocycles. The van der Waals surface area contributed by atoms with E-state index in [1.54, 1.807) is 40.3 Å². The normalized spacial score (nSPS) is 18.2. The van der Waals surface area contributed by atoms with Crippen LogP contribution in [-0.2, 0) is 19.6 Å². The van der Waals surface area contributed by atoms with E-state index >= 15 is 0 Å². The fraction of sp³-hybridized carbons (Fsp3) is 0.348. The molecule has 8 heteroatoms. The molecule has 0 unspecified atom stereocenters. The average molecular weight is 459 g/mol. The third kappa shape index (κ3) is 5.14. The van der Waals surface area contributed by atoms with Crippen LogP contribution < -0.4 is 5.32 Å². The SMILES string of the molecule is O=C(Nc1ccc(S(=O)(=O)N2CCCCCC2)cc1)C1=C(c2ccccc2)SCCO1. The summed E-state index contributed by atoms with van der Waals surface area (Å²) < 4.78 is 33.1. The first-order valence-electron chi connectivity index (χ1n) is 10.5. The van der Waals surface area contributed by atoms with Crippen molar-refractivity contribution in [3.63, 3.8) is 0 Å². The predicted molar refractivity (Wildman–Crippen MR) is 124 cm³/mol. The molecule has 0 spiro atoms. The van der Waals surface area contributed by atoms with Crippen molar-refractivity contribution in [3.05, 3.63) is 65.9 Å². The topological polar surface area (TPSA) is 75.7 Å². The van der Waals surface area contributed by atoms with Gasteiger partial charge in [-0.05, 0) is 42.7 Å². The molecule has 0 bridgehead atoms. The highest BCUT2D eigenvalue weighted by molar-refractivity contribution is 8.08. The molecule has 2 aromatic rings. The zero-order valence-corrected chi connectivity index (χ0v) is 18.9. The Morgan fingerprint density at radius 3 is 2.29 bits per heavy atom. The molecular weight excluding hydrogens is 432 g/mol. The van der Waals surface area contributed by atoms with E-state index in [9.17, 15) is 13.2 Å². The molecule has 31 heavy (non-hydrogen) atoms. The Morgan fingerprint density at radius 1 is 0.935 bits per heavy atom. The van der Waals surface area contributed by atoms with Crippen molar-refractivity contribution in [2.24, 2.45) is 0 Å². The third-order valence-corrected chi connectivity index (χ3v) is 8.33. The van der Waals surface area contributed by atoms with Gasteiger partial charge < -0.3 is 10.1 Å². The Morgan fingerprint density at radius 2 is 1.61 bits per heavy atom. The van der Waals surface area contributed by atoms with E-state index in [4.69, 9.17) is 4.74 Å². The summed E-state index contributed by atoms with van der Waals surface area (Å²) in [5, 5.41) is 2.84. The molecule has 0 aromatic heterocycles. The number of thioether (sulfide) groups is 1. The Kier molecular flexibility index (Phi) is 6.99. The van der Waals surface area contributed by atoms with E-state index in [2.05, 4.69) is 5.32 Å². The summed E-state index contributed by atoms with van der Waals surface area (Å²) in [6.07, 6.45) is 3.92. The van der Waals surface area contributed by atoms with Crippen LogP contribution in [0, 0.1) is 0 Å². The van der Waals surface area contributed by atoms with E-state index < -0.39 is 10.0 Å². The molecule has 1 N–H and O–H groups in total. The second kappa shape index (κ2) is 9.89. The maximum Gasteiger partial charge on any atom is 0.291 e. The van der Waals surface area contributed by atoms with Gasteiger partial charge in [-0.25, -0.2) is 8.42 Å². The molecule has 1 saturated heterocycles. The summed E-state index contributed by atoms with van der Waals surface area (Å²) >= 11 is 1.60. The summed E-state index contributed by atoms with van der Waals surface area (Å²) in [4.78, 5) is 13.9. The smallest absolute Gasteiger partial charge is 0.291 e. The van der Waals surface area contributed by atoms with Crippen LogP contribution in [0.2, 0.25) is 0 Å². The van der Waals surface area contributed by atoms with Crippen LogP contribution in [0.25, 0.3) is 4.91 Å². The lowest BCUT2D eigenvalue weighted by Crippen LogP contribution is -2.31. The first-order valence-corrected chi connectivity index (χ1v) is 12.9. The van der Waals surface area contributed by atoms with Crippen LogP contribution in [0.1, 0.15) is 31.2 Å². The van der Waals surface area contributed by atoms with Crippen molar-refractivity contribution < 1.29 is 17.9 Å². The van der Waals surface area contributed by atoms with Crippen LogP contribution >= 0.6 is 11.8 Å². The maximum atomic E-state index is 12.9. The predicted octanol–water partition coefficient (Wildman–Crippen LogP) is 4.32. The summed E-state index contributed by atoms with van der Waals surface area (Å²) in [6.45, 7) is 1.59. The van der Waals surface area contributed by atoms with E-state index in [0.717, 1.165) is 41.9 Å². The van der Waals surface area contributed by atoms with E-state index in [1.165, 1.54) is 0 Å².